The normalized spacial score (nSPS) is 28.4. The summed E-state index contributed by atoms with van der Waals surface area (Å²) in [6, 6.07) is 10.1. The molecular weight excluding hydrogens is 335 g/mol. The van der Waals surface area contributed by atoms with Crippen molar-refractivity contribution in [1.82, 2.24) is 0 Å². The van der Waals surface area contributed by atoms with Crippen LogP contribution in [0, 0.1) is 23.6 Å². The lowest BCUT2D eigenvalue weighted by Crippen LogP contribution is -2.29. The zero-order valence-electron chi connectivity index (χ0n) is 16.6. The van der Waals surface area contributed by atoms with E-state index in [9.17, 15) is 4.39 Å². The Hall–Kier alpha value is -1.83. The number of benzene rings is 2. The van der Waals surface area contributed by atoms with E-state index >= 15 is 0 Å². The molecule has 0 amide bonds. The van der Waals surface area contributed by atoms with Crippen molar-refractivity contribution in [1.29, 1.82) is 0 Å². The second-order valence-corrected chi connectivity index (χ2v) is 8.69. The number of rotatable bonds is 4. The quantitative estimate of drug-likeness (QED) is 0.518. The van der Waals surface area contributed by atoms with E-state index in [0.717, 1.165) is 23.1 Å². The fraction of sp³-hybridized carbons (Fsp3) is 0.520. The first-order valence-corrected chi connectivity index (χ1v) is 10.6. The summed E-state index contributed by atoms with van der Waals surface area (Å²) in [5, 5.41) is 1.65. The predicted octanol–water partition coefficient (Wildman–Crippen LogP) is 7.25. The number of halogens is 1. The lowest BCUT2D eigenvalue weighted by atomic mass is 9.64. The first-order chi connectivity index (χ1) is 13.2. The summed E-state index contributed by atoms with van der Waals surface area (Å²) in [4.78, 5) is 0. The van der Waals surface area contributed by atoms with Gasteiger partial charge < -0.3 is 4.74 Å². The van der Waals surface area contributed by atoms with Gasteiger partial charge in [0.25, 0.3) is 0 Å². The molecule has 2 aliphatic carbocycles. The topological polar surface area (TPSA) is 9.23 Å². The Morgan fingerprint density at radius 1 is 1.04 bits per heavy atom. The third-order valence-electron chi connectivity index (χ3n) is 6.86. The molecule has 0 aliphatic heterocycles. The highest BCUT2D eigenvalue weighted by Gasteiger charge is 2.34. The van der Waals surface area contributed by atoms with Crippen molar-refractivity contribution in [3.63, 3.8) is 0 Å². The molecule has 2 fully saturated rings. The standard InChI is InChI=1S/C25H31FO/c1-3-4-13-27-24-12-10-22-16-21(9-11-23(22)25(24)26)20-8-7-18-14-17(2)5-6-19(18)15-20/h3-4,9-12,16-20H,5-8,13-15H2,1-2H3/b4-3+/t17?,18-,19?,20-/m1/s1. The second kappa shape index (κ2) is 8.04. The number of ether oxygens (including phenoxy) is 1. The van der Waals surface area contributed by atoms with E-state index in [1.807, 2.05) is 31.2 Å². The van der Waals surface area contributed by atoms with Gasteiger partial charge in [-0.05, 0) is 79.7 Å². The summed E-state index contributed by atoms with van der Waals surface area (Å²) in [6.45, 7) is 4.75. The molecule has 1 nitrogen and oxygen atoms in total. The molecule has 2 aromatic carbocycles. The zero-order chi connectivity index (χ0) is 18.8. The van der Waals surface area contributed by atoms with Gasteiger partial charge >= 0.3 is 0 Å². The highest BCUT2D eigenvalue weighted by atomic mass is 19.1. The first kappa shape index (κ1) is 18.5. The molecule has 2 unspecified atom stereocenters. The van der Waals surface area contributed by atoms with Crippen molar-refractivity contribution in [3.8, 4) is 5.75 Å². The van der Waals surface area contributed by atoms with Gasteiger partial charge in [0.2, 0.25) is 0 Å². The Morgan fingerprint density at radius 3 is 2.70 bits per heavy atom. The van der Waals surface area contributed by atoms with Gasteiger partial charge in [-0.25, -0.2) is 4.39 Å². The zero-order valence-corrected chi connectivity index (χ0v) is 16.6. The Balaban J connectivity index is 1.53. The molecular formula is C25H31FO. The van der Waals surface area contributed by atoms with Gasteiger partial charge in [-0.3, -0.25) is 0 Å². The molecule has 0 radical (unpaired) electrons. The maximum atomic E-state index is 14.8. The summed E-state index contributed by atoms with van der Waals surface area (Å²) < 4.78 is 20.3. The van der Waals surface area contributed by atoms with Crippen LogP contribution in [0.15, 0.2) is 42.5 Å². The number of fused-ring (bicyclic) bond motifs is 2. The largest absolute Gasteiger partial charge is 0.486 e. The molecule has 0 bridgehead atoms. The van der Waals surface area contributed by atoms with Crippen LogP contribution in [0.2, 0.25) is 0 Å². The van der Waals surface area contributed by atoms with Gasteiger partial charge in [-0.2, -0.15) is 0 Å². The SMILES string of the molecule is C/C=C/COc1ccc2cc([C@@H]3CC[C@@H]4CC(C)CCC4C3)ccc2c1F. The Bertz CT molecular complexity index is 824. The molecule has 2 aromatic rings. The first-order valence-electron chi connectivity index (χ1n) is 10.6. The monoisotopic (exact) mass is 366 g/mol. The summed E-state index contributed by atoms with van der Waals surface area (Å²) in [5.74, 6) is 3.49. The average Bonchev–Trinajstić information content (AvgIpc) is 2.69. The van der Waals surface area contributed by atoms with Crippen LogP contribution in [0.5, 0.6) is 5.75 Å². The van der Waals surface area contributed by atoms with E-state index < -0.39 is 0 Å². The van der Waals surface area contributed by atoms with Gasteiger partial charge in [-0.15, -0.1) is 0 Å². The van der Waals surface area contributed by atoms with Crippen LogP contribution in [0.3, 0.4) is 0 Å². The average molecular weight is 367 g/mol. The van der Waals surface area contributed by atoms with Gasteiger partial charge in [0, 0.05) is 5.39 Å². The molecule has 4 atom stereocenters. The van der Waals surface area contributed by atoms with Crippen LogP contribution < -0.4 is 4.74 Å². The summed E-state index contributed by atoms with van der Waals surface area (Å²) in [6.07, 6.45) is 12.0. The van der Waals surface area contributed by atoms with E-state index in [2.05, 4.69) is 19.1 Å². The lowest BCUT2D eigenvalue weighted by molar-refractivity contribution is 0.124. The minimum absolute atomic E-state index is 0.242. The molecule has 0 saturated heterocycles. The smallest absolute Gasteiger partial charge is 0.172 e. The van der Waals surface area contributed by atoms with E-state index in [1.165, 1.54) is 44.1 Å². The van der Waals surface area contributed by atoms with Gasteiger partial charge in [0.05, 0.1) is 0 Å². The van der Waals surface area contributed by atoms with Crippen LogP contribution in [0.1, 0.15) is 63.9 Å². The Labute approximate surface area is 162 Å². The molecule has 0 spiro atoms. The van der Waals surface area contributed by atoms with E-state index in [1.54, 1.807) is 6.07 Å². The van der Waals surface area contributed by atoms with Crippen molar-refractivity contribution in [2.24, 2.45) is 17.8 Å². The van der Waals surface area contributed by atoms with Gasteiger partial charge in [0.15, 0.2) is 11.6 Å². The predicted molar refractivity (Wildman–Crippen MR) is 111 cm³/mol. The Morgan fingerprint density at radius 2 is 1.85 bits per heavy atom. The minimum atomic E-state index is -0.242. The molecule has 27 heavy (non-hydrogen) atoms. The fourth-order valence-electron chi connectivity index (χ4n) is 5.32. The van der Waals surface area contributed by atoms with Crippen molar-refractivity contribution in [2.45, 2.75) is 58.3 Å². The van der Waals surface area contributed by atoms with E-state index in [-0.39, 0.29) is 5.82 Å². The highest BCUT2D eigenvalue weighted by molar-refractivity contribution is 5.85. The van der Waals surface area contributed by atoms with Crippen LogP contribution in [-0.2, 0) is 0 Å². The van der Waals surface area contributed by atoms with Crippen LogP contribution in [0.4, 0.5) is 4.39 Å². The molecule has 0 aromatic heterocycles. The third-order valence-corrected chi connectivity index (χ3v) is 6.86. The van der Waals surface area contributed by atoms with Crippen molar-refractivity contribution in [2.75, 3.05) is 6.61 Å². The molecule has 2 heteroatoms. The molecule has 2 saturated carbocycles. The highest BCUT2D eigenvalue weighted by Crippen LogP contribution is 2.47. The van der Waals surface area contributed by atoms with E-state index in [4.69, 9.17) is 4.74 Å². The van der Waals surface area contributed by atoms with Gasteiger partial charge in [0.1, 0.15) is 6.61 Å². The van der Waals surface area contributed by atoms with Crippen LogP contribution in [0.25, 0.3) is 10.8 Å². The van der Waals surface area contributed by atoms with Crippen LogP contribution in [-0.4, -0.2) is 6.61 Å². The molecule has 0 N–H and O–H groups in total. The number of hydrogen-bond donors (Lipinski definition) is 0. The summed E-state index contributed by atoms with van der Waals surface area (Å²) in [5.41, 5.74) is 1.39. The molecule has 144 valence electrons. The second-order valence-electron chi connectivity index (χ2n) is 8.69. The lowest BCUT2D eigenvalue weighted by Gasteiger charge is -2.41. The van der Waals surface area contributed by atoms with Crippen molar-refractivity contribution >= 4 is 10.8 Å². The maximum absolute atomic E-state index is 14.8. The maximum Gasteiger partial charge on any atom is 0.172 e. The van der Waals surface area contributed by atoms with Crippen molar-refractivity contribution < 1.29 is 9.13 Å². The number of hydrogen-bond acceptors (Lipinski definition) is 1. The van der Waals surface area contributed by atoms with E-state index in [0.29, 0.717) is 23.7 Å². The summed E-state index contributed by atoms with van der Waals surface area (Å²) in [7, 11) is 0. The minimum Gasteiger partial charge on any atom is -0.486 e. The molecule has 2 aliphatic rings. The molecule has 0 heterocycles. The Kier molecular flexibility index (Phi) is 5.52. The van der Waals surface area contributed by atoms with Gasteiger partial charge in [-0.1, -0.05) is 49.8 Å². The van der Waals surface area contributed by atoms with Crippen LogP contribution >= 0.6 is 0 Å². The third kappa shape index (κ3) is 3.90. The number of allylic oxidation sites excluding steroid dienone is 1. The fourth-order valence-corrected chi connectivity index (χ4v) is 5.32. The summed E-state index contributed by atoms with van der Waals surface area (Å²) >= 11 is 0. The molecule has 4 rings (SSSR count). The van der Waals surface area contributed by atoms with Crippen molar-refractivity contribution in [3.05, 3.63) is 53.9 Å².